The average Bonchev–Trinajstić information content (AvgIpc) is 3.46. The van der Waals surface area contributed by atoms with Crippen LogP contribution in [0.1, 0.15) is 22.8 Å². The molecule has 1 aliphatic rings. The summed E-state index contributed by atoms with van der Waals surface area (Å²) < 4.78 is 13.1. The largest absolute Gasteiger partial charge is 0.378 e. The number of para-hydroxylation sites is 1. The molecule has 2 aromatic heterocycles. The van der Waals surface area contributed by atoms with E-state index in [0.717, 1.165) is 41.0 Å². The van der Waals surface area contributed by atoms with E-state index in [1.165, 1.54) is 0 Å². The lowest BCUT2D eigenvalue weighted by Gasteiger charge is -2.28. The van der Waals surface area contributed by atoms with Crippen LogP contribution in [0.5, 0.6) is 0 Å². The molecule has 1 fully saturated rings. The van der Waals surface area contributed by atoms with Crippen LogP contribution in [0, 0.1) is 6.92 Å². The molecule has 32 heavy (non-hydrogen) atoms. The van der Waals surface area contributed by atoms with Crippen LogP contribution in [0.2, 0.25) is 0 Å². The van der Waals surface area contributed by atoms with E-state index >= 15 is 0 Å². The molecule has 5 rings (SSSR count). The Hall–Kier alpha value is -3.17. The zero-order valence-electron chi connectivity index (χ0n) is 17.8. The highest BCUT2D eigenvalue weighted by molar-refractivity contribution is 7.98. The van der Waals surface area contributed by atoms with Gasteiger partial charge in [0.2, 0.25) is 11.8 Å². The SMILES string of the molecule is Cc1ccccc1-n1c(SCc2nc(Cc3ccccc3)no2)nnc1N1CCOCC1. The number of hydrogen-bond donors (Lipinski definition) is 0. The van der Waals surface area contributed by atoms with E-state index in [1.807, 2.05) is 30.3 Å². The third-order valence-electron chi connectivity index (χ3n) is 5.31. The second-order valence-corrected chi connectivity index (χ2v) is 8.50. The fourth-order valence-corrected chi connectivity index (χ4v) is 4.45. The van der Waals surface area contributed by atoms with E-state index in [-0.39, 0.29) is 0 Å². The fourth-order valence-electron chi connectivity index (χ4n) is 3.67. The van der Waals surface area contributed by atoms with Crippen LogP contribution >= 0.6 is 11.8 Å². The lowest BCUT2D eigenvalue weighted by Crippen LogP contribution is -2.38. The van der Waals surface area contributed by atoms with E-state index in [9.17, 15) is 0 Å². The second-order valence-electron chi connectivity index (χ2n) is 7.56. The number of ether oxygens (including phenoxy) is 1. The minimum Gasteiger partial charge on any atom is -0.378 e. The molecule has 1 aliphatic heterocycles. The summed E-state index contributed by atoms with van der Waals surface area (Å²) in [6.07, 6.45) is 0.648. The van der Waals surface area contributed by atoms with Crippen molar-refractivity contribution < 1.29 is 9.26 Å². The number of rotatable bonds is 7. The summed E-state index contributed by atoms with van der Waals surface area (Å²) >= 11 is 1.54. The van der Waals surface area contributed by atoms with Crippen LogP contribution in [-0.4, -0.2) is 51.2 Å². The summed E-state index contributed by atoms with van der Waals surface area (Å²) in [5.74, 6) is 2.62. The predicted octanol–water partition coefficient (Wildman–Crippen LogP) is 3.68. The molecular formula is C23H24N6O2S. The van der Waals surface area contributed by atoms with Crippen molar-refractivity contribution in [2.45, 2.75) is 24.3 Å². The molecule has 0 bridgehead atoms. The molecule has 0 unspecified atom stereocenters. The Morgan fingerprint density at radius 1 is 0.969 bits per heavy atom. The van der Waals surface area contributed by atoms with E-state index in [2.05, 4.69) is 61.0 Å². The van der Waals surface area contributed by atoms with Gasteiger partial charge in [-0.1, -0.05) is 65.4 Å². The molecule has 0 radical (unpaired) electrons. The van der Waals surface area contributed by atoms with Crippen LogP contribution in [0.15, 0.2) is 64.3 Å². The van der Waals surface area contributed by atoms with Gasteiger partial charge in [0.05, 0.1) is 24.7 Å². The molecule has 0 amide bonds. The molecule has 4 aromatic rings. The molecule has 3 heterocycles. The molecule has 0 N–H and O–H groups in total. The van der Waals surface area contributed by atoms with Gasteiger partial charge in [0.1, 0.15) is 0 Å². The van der Waals surface area contributed by atoms with Crippen molar-refractivity contribution in [3.05, 3.63) is 77.4 Å². The molecule has 0 atom stereocenters. The fraction of sp³-hybridized carbons (Fsp3) is 0.304. The van der Waals surface area contributed by atoms with E-state index in [0.29, 0.717) is 37.1 Å². The van der Waals surface area contributed by atoms with Gasteiger partial charge in [0.25, 0.3) is 0 Å². The number of morpholine rings is 1. The number of hydrogen-bond acceptors (Lipinski definition) is 8. The van der Waals surface area contributed by atoms with Crippen molar-refractivity contribution in [2.24, 2.45) is 0 Å². The zero-order valence-corrected chi connectivity index (χ0v) is 18.7. The number of aromatic nitrogens is 5. The Morgan fingerprint density at radius 2 is 1.75 bits per heavy atom. The van der Waals surface area contributed by atoms with Crippen molar-refractivity contribution >= 4 is 17.7 Å². The van der Waals surface area contributed by atoms with Crippen molar-refractivity contribution in [3.8, 4) is 5.69 Å². The van der Waals surface area contributed by atoms with Crippen molar-refractivity contribution in [3.63, 3.8) is 0 Å². The first-order chi connectivity index (χ1) is 15.8. The van der Waals surface area contributed by atoms with Crippen molar-refractivity contribution in [1.82, 2.24) is 24.9 Å². The highest BCUT2D eigenvalue weighted by Crippen LogP contribution is 2.30. The van der Waals surface area contributed by atoms with Crippen LogP contribution in [-0.2, 0) is 16.9 Å². The van der Waals surface area contributed by atoms with Crippen molar-refractivity contribution in [1.29, 1.82) is 0 Å². The van der Waals surface area contributed by atoms with Gasteiger partial charge in [-0.05, 0) is 24.1 Å². The Balaban J connectivity index is 1.37. The van der Waals surface area contributed by atoms with Crippen LogP contribution in [0.25, 0.3) is 5.69 Å². The van der Waals surface area contributed by atoms with Crippen LogP contribution in [0.4, 0.5) is 5.95 Å². The molecular weight excluding hydrogens is 424 g/mol. The smallest absolute Gasteiger partial charge is 0.237 e. The molecule has 8 nitrogen and oxygen atoms in total. The predicted molar refractivity (Wildman–Crippen MR) is 122 cm³/mol. The van der Waals surface area contributed by atoms with Gasteiger partial charge in [-0.25, -0.2) is 0 Å². The summed E-state index contributed by atoms with van der Waals surface area (Å²) in [5, 5.41) is 14.0. The van der Waals surface area contributed by atoms with E-state index in [4.69, 9.17) is 9.26 Å². The van der Waals surface area contributed by atoms with Crippen molar-refractivity contribution in [2.75, 3.05) is 31.2 Å². The Kier molecular flexibility index (Phi) is 6.17. The Bertz CT molecular complexity index is 1170. The highest BCUT2D eigenvalue weighted by atomic mass is 32.2. The first-order valence-electron chi connectivity index (χ1n) is 10.6. The van der Waals surface area contributed by atoms with Gasteiger partial charge < -0.3 is 14.2 Å². The summed E-state index contributed by atoms with van der Waals surface area (Å²) in [5.41, 5.74) is 3.38. The topological polar surface area (TPSA) is 82.1 Å². The third-order valence-corrected chi connectivity index (χ3v) is 6.22. The number of benzene rings is 2. The molecule has 164 valence electrons. The lowest BCUT2D eigenvalue weighted by atomic mass is 10.1. The van der Waals surface area contributed by atoms with Crippen LogP contribution in [0.3, 0.4) is 0 Å². The molecule has 0 spiro atoms. The maximum absolute atomic E-state index is 5.52. The monoisotopic (exact) mass is 448 g/mol. The lowest BCUT2D eigenvalue weighted by molar-refractivity contribution is 0.122. The van der Waals surface area contributed by atoms with Gasteiger partial charge >= 0.3 is 0 Å². The van der Waals surface area contributed by atoms with Gasteiger partial charge in [-0.2, -0.15) is 4.98 Å². The number of aryl methyl sites for hydroxylation is 1. The molecule has 0 saturated carbocycles. The van der Waals surface area contributed by atoms with Gasteiger partial charge in [-0.3, -0.25) is 4.57 Å². The summed E-state index contributed by atoms with van der Waals surface area (Å²) in [4.78, 5) is 6.77. The summed E-state index contributed by atoms with van der Waals surface area (Å²) in [6, 6.07) is 18.4. The van der Waals surface area contributed by atoms with Gasteiger partial charge in [-0.15, -0.1) is 10.2 Å². The normalized spacial score (nSPS) is 14.1. The molecule has 2 aromatic carbocycles. The molecule has 9 heteroatoms. The average molecular weight is 449 g/mol. The van der Waals surface area contributed by atoms with E-state index in [1.54, 1.807) is 11.8 Å². The number of anilines is 1. The molecule has 1 saturated heterocycles. The van der Waals surface area contributed by atoms with E-state index < -0.39 is 0 Å². The Morgan fingerprint density at radius 3 is 2.56 bits per heavy atom. The number of nitrogens with zero attached hydrogens (tertiary/aromatic N) is 6. The van der Waals surface area contributed by atoms with Gasteiger partial charge in [0, 0.05) is 19.5 Å². The standard InChI is InChI=1S/C23H24N6O2S/c1-17-7-5-6-10-19(17)29-22(28-11-13-30-14-12-28)25-26-23(29)32-16-21-24-20(27-31-21)15-18-8-3-2-4-9-18/h2-10H,11-16H2,1H3. The first-order valence-corrected chi connectivity index (χ1v) is 11.6. The van der Waals surface area contributed by atoms with Crippen LogP contribution < -0.4 is 4.90 Å². The summed E-state index contributed by atoms with van der Waals surface area (Å²) in [7, 11) is 0. The van der Waals surface area contributed by atoms with Gasteiger partial charge in [0.15, 0.2) is 11.0 Å². The maximum Gasteiger partial charge on any atom is 0.237 e. The zero-order chi connectivity index (χ0) is 21.8. The first kappa shape index (κ1) is 20.7. The Labute approximate surface area is 190 Å². The minimum atomic E-state index is 0.523. The maximum atomic E-state index is 5.52. The molecule has 0 aliphatic carbocycles. The highest BCUT2D eigenvalue weighted by Gasteiger charge is 2.23. The number of thioether (sulfide) groups is 1. The third kappa shape index (κ3) is 4.53. The summed E-state index contributed by atoms with van der Waals surface area (Å²) in [6.45, 7) is 5.06. The quantitative estimate of drug-likeness (QED) is 0.396. The second kappa shape index (κ2) is 9.54. The minimum absolute atomic E-state index is 0.523.